The van der Waals surface area contributed by atoms with Gasteiger partial charge in [0.25, 0.3) is 0 Å². The highest BCUT2D eigenvalue weighted by Crippen LogP contribution is 2.56. The molecule has 1 aliphatic heterocycles. The molecule has 0 unspecified atom stereocenters. The Bertz CT molecular complexity index is 644. The monoisotopic (exact) mass is 327 g/mol. The summed E-state index contributed by atoms with van der Waals surface area (Å²) in [6.45, 7) is 8.15. The van der Waals surface area contributed by atoms with Gasteiger partial charge in [0.1, 0.15) is 5.75 Å². The number of nitrogens with zero attached hydrogens (tertiary/aromatic N) is 1. The fraction of sp³-hybridized carbons (Fsp3) is 0.727. The molecule has 1 heterocycles. The van der Waals surface area contributed by atoms with Gasteiger partial charge in [-0.25, -0.2) is 0 Å². The van der Waals surface area contributed by atoms with Crippen LogP contribution in [-0.4, -0.2) is 31.6 Å². The summed E-state index contributed by atoms with van der Waals surface area (Å²) in [5.74, 6) is 1.96. The second-order valence-corrected chi connectivity index (χ2v) is 9.47. The van der Waals surface area contributed by atoms with E-state index >= 15 is 0 Å². The molecule has 2 heteroatoms. The summed E-state index contributed by atoms with van der Waals surface area (Å²) in [6.07, 6.45) is 8.17. The zero-order valence-corrected chi connectivity index (χ0v) is 16.1. The molecule has 1 aromatic rings. The third-order valence-electron chi connectivity index (χ3n) is 7.24. The minimum Gasteiger partial charge on any atom is -0.496 e. The molecule has 0 aromatic heterocycles. The molecule has 132 valence electrons. The third kappa shape index (κ3) is 2.25. The van der Waals surface area contributed by atoms with Crippen LogP contribution in [0.15, 0.2) is 12.1 Å². The highest BCUT2D eigenvalue weighted by atomic mass is 16.5. The quantitative estimate of drug-likeness (QED) is 0.742. The number of piperidine rings is 1. The summed E-state index contributed by atoms with van der Waals surface area (Å²) < 4.78 is 5.86. The summed E-state index contributed by atoms with van der Waals surface area (Å²) >= 11 is 0. The summed E-state index contributed by atoms with van der Waals surface area (Å²) in [4.78, 5) is 2.65. The van der Waals surface area contributed by atoms with Gasteiger partial charge in [0.15, 0.2) is 0 Å². The van der Waals surface area contributed by atoms with E-state index in [2.05, 4.69) is 44.9 Å². The van der Waals surface area contributed by atoms with E-state index in [1.165, 1.54) is 50.6 Å². The lowest BCUT2D eigenvalue weighted by molar-refractivity contribution is 0.00267. The number of likely N-dealkylation sites (N-methyl/N-ethyl adjacent to an activating group) is 1. The smallest absolute Gasteiger partial charge is 0.122 e. The van der Waals surface area contributed by atoms with Crippen LogP contribution in [0.4, 0.5) is 0 Å². The van der Waals surface area contributed by atoms with Crippen molar-refractivity contribution in [2.75, 3.05) is 20.7 Å². The van der Waals surface area contributed by atoms with Crippen LogP contribution >= 0.6 is 0 Å². The molecular weight excluding hydrogens is 294 g/mol. The van der Waals surface area contributed by atoms with Crippen LogP contribution < -0.4 is 4.74 Å². The maximum atomic E-state index is 5.86. The Morgan fingerprint density at radius 1 is 1.17 bits per heavy atom. The van der Waals surface area contributed by atoms with Crippen molar-refractivity contribution in [3.63, 3.8) is 0 Å². The predicted octanol–water partition coefficient (Wildman–Crippen LogP) is 4.68. The molecule has 1 saturated heterocycles. The van der Waals surface area contributed by atoms with Gasteiger partial charge in [0.2, 0.25) is 0 Å². The summed E-state index contributed by atoms with van der Waals surface area (Å²) in [5.41, 5.74) is 5.17. The van der Waals surface area contributed by atoms with Crippen molar-refractivity contribution < 1.29 is 4.74 Å². The van der Waals surface area contributed by atoms with E-state index < -0.39 is 0 Å². The Morgan fingerprint density at radius 3 is 2.67 bits per heavy atom. The van der Waals surface area contributed by atoms with Crippen LogP contribution in [0.3, 0.4) is 0 Å². The minimum atomic E-state index is 0.127. The van der Waals surface area contributed by atoms with Gasteiger partial charge in [-0.2, -0.15) is 0 Å². The van der Waals surface area contributed by atoms with Gasteiger partial charge in [-0.1, -0.05) is 39.7 Å². The van der Waals surface area contributed by atoms with E-state index in [4.69, 9.17) is 4.74 Å². The topological polar surface area (TPSA) is 12.5 Å². The van der Waals surface area contributed by atoms with Crippen molar-refractivity contribution in [3.05, 3.63) is 28.8 Å². The molecule has 2 nitrogen and oxygen atoms in total. The van der Waals surface area contributed by atoms with Gasteiger partial charge in [0, 0.05) is 11.5 Å². The van der Waals surface area contributed by atoms with Gasteiger partial charge in [0.05, 0.1) is 7.11 Å². The van der Waals surface area contributed by atoms with E-state index in [1.807, 2.05) is 7.11 Å². The molecular formula is C22H33NO. The fourth-order valence-corrected chi connectivity index (χ4v) is 5.99. The van der Waals surface area contributed by atoms with Crippen molar-refractivity contribution >= 4 is 0 Å². The number of ether oxygens (including phenoxy) is 1. The standard InChI is InChI=1S/C22H33NO/c1-21(2,3)18-12-15-13-19-16-8-6-7-9-22(16,10-11-23(19)4)17(15)14-20(18)24-5/h12,14,16,19H,6-11,13H2,1-5H3/t16-,19+,22+/m1/s1. The van der Waals surface area contributed by atoms with Crippen LogP contribution in [0.2, 0.25) is 0 Å². The van der Waals surface area contributed by atoms with Crippen LogP contribution in [0.25, 0.3) is 0 Å². The molecule has 0 spiro atoms. The van der Waals surface area contributed by atoms with E-state index in [1.54, 1.807) is 11.1 Å². The zero-order valence-electron chi connectivity index (χ0n) is 16.1. The molecule has 1 saturated carbocycles. The normalized spacial score (nSPS) is 32.9. The molecule has 0 radical (unpaired) electrons. The molecule has 2 aliphatic carbocycles. The molecule has 1 aromatic carbocycles. The maximum Gasteiger partial charge on any atom is 0.122 e. The average Bonchev–Trinajstić information content (AvgIpc) is 2.56. The summed E-state index contributed by atoms with van der Waals surface area (Å²) in [5, 5.41) is 0. The summed E-state index contributed by atoms with van der Waals surface area (Å²) in [7, 11) is 4.19. The Hall–Kier alpha value is -1.02. The molecule has 2 bridgehead atoms. The lowest BCUT2D eigenvalue weighted by Gasteiger charge is -2.58. The number of hydrogen-bond donors (Lipinski definition) is 0. The third-order valence-corrected chi connectivity index (χ3v) is 7.24. The SMILES string of the molecule is COc1cc2c(cc1C(C)(C)C)C[C@H]1[C@H]3CCCC[C@@]23CCN1C. The van der Waals surface area contributed by atoms with Crippen LogP contribution in [0.5, 0.6) is 5.75 Å². The molecule has 2 fully saturated rings. The van der Waals surface area contributed by atoms with Crippen LogP contribution in [0, 0.1) is 5.92 Å². The van der Waals surface area contributed by atoms with E-state index in [0.717, 1.165) is 17.7 Å². The molecule has 0 amide bonds. The van der Waals surface area contributed by atoms with Gasteiger partial charge in [-0.05, 0) is 73.4 Å². The number of benzene rings is 1. The predicted molar refractivity (Wildman–Crippen MR) is 100 cm³/mol. The Kier molecular flexibility index (Phi) is 3.76. The average molecular weight is 328 g/mol. The molecule has 4 rings (SSSR count). The fourth-order valence-electron chi connectivity index (χ4n) is 5.99. The first-order valence-corrected chi connectivity index (χ1v) is 9.79. The minimum absolute atomic E-state index is 0.127. The lowest BCUT2D eigenvalue weighted by atomic mass is 9.52. The second kappa shape index (κ2) is 5.49. The highest BCUT2D eigenvalue weighted by molar-refractivity contribution is 5.51. The zero-order chi connectivity index (χ0) is 17.1. The molecule has 3 aliphatic rings. The molecule has 24 heavy (non-hydrogen) atoms. The van der Waals surface area contributed by atoms with Gasteiger partial charge >= 0.3 is 0 Å². The number of methoxy groups -OCH3 is 1. The van der Waals surface area contributed by atoms with Crippen LogP contribution in [-0.2, 0) is 17.3 Å². The largest absolute Gasteiger partial charge is 0.496 e. The number of fused-ring (bicyclic) bond motifs is 1. The first kappa shape index (κ1) is 16.4. The Balaban J connectivity index is 1.91. The van der Waals surface area contributed by atoms with Crippen LogP contribution in [0.1, 0.15) is 69.6 Å². The number of rotatable bonds is 1. The second-order valence-electron chi connectivity index (χ2n) is 9.47. The van der Waals surface area contributed by atoms with Crippen molar-refractivity contribution in [2.24, 2.45) is 5.92 Å². The molecule has 0 N–H and O–H groups in total. The molecule has 3 atom stereocenters. The van der Waals surface area contributed by atoms with Crippen molar-refractivity contribution in [1.29, 1.82) is 0 Å². The van der Waals surface area contributed by atoms with Crippen molar-refractivity contribution in [1.82, 2.24) is 4.90 Å². The first-order chi connectivity index (χ1) is 11.4. The van der Waals surface area contributed by atoms with E-state index in [-0.39, 0.29) is 5.41 Å². The van der Waals surface area contributed by atoms with Gasteiger partial charge in [-0.15, -0.1) is 0 Å². The maximum absolute atomic E-state index is 5.86. The first-order valence-electron chi connectivity index (χ1n) is 9.79. The highest BCUT2D eigenvalue weighted by Gasteiger charge is 2.53. The number of likely N-dealkylation sites (tertiary alicyclic amines) is 1. The summed E-state index contributed by atoms with van der Waals surface area (Å²) in [6, 6.07) is 5.68. The van der Waals surface area contributed by atoms with Crippen molar-refractivity contribution in [2.45, 2.75) is 76.2 Å². The lowest BCUT2D eigenvalue weighted by Crippen LogP contribution is -2.59. The van der Waals surface area contributed by atoms with E-state index in [0.29, 0.717) is 5.41 Å². The Labute approximate surface area is 147 Å². The van der Waals surface area contributed by atoms with Gasteiger partial charge in [-0.3, -0.25) is 0 Å². The van der Waals surface area contributed by atoms with Gasteiger partial charge < -0.3 is 9.64 Å². The van der Waals surface area contributed by atoms with Crippen molar-refractivity contribution in [3.8, 4) is 5.75 Å². The number of hydrogen-bond acceptors (Lipinski definition) is 2. The van der Waals surface area contributed by atoms with E-state index in [9.17, 15) is 0 Å². The Morgan fingerprint density at radius 2 is 1.96 bits per heavy atom.